The maximum Gasteiger partial charge on any atom is 0.123 e. The lowest BCUT2D eigenvalue weighted by molar-refractivity contribution is 0.156. The number of hydrogen-bond donors (Lipinski definition) is 1. The third-order valence-electron chi connectivity index (χ3n) is 3.87. The highest BCUT2D eigenvalue weighted by atomic mass is 16.5. The molecule has 1 aliphatic heterocycles. The molecule has 2 N–H and O–H groups in total. The first-order chi connectivity index (χ1) is 8.22. The van der Waals surface area contributed by atoms with Crippen molar-refractivity contribution in [3.63, 3.8) is 0 Å². The van der Waals surface area contributed by atoms with Gasteiger partial charge < -0.3 is 10.5 Å². The molecule has 17 heavy (non-hydrogen) atoms. The van der Waals surface area contributed by atoms with Crippen LogP contribution >= 0.6 is 0 Å². The maximum absolute atomic E-state index is 5.94. The molecule has 1 heterocycles. The third kappa shape index (κ3) is 2.05. The summed E-state index contributed by atoms with van der Waals surface area (Å²) in [6.07, 6.45) is 1.15. The second-order valence-electron chi connectivity index (χ2n) is 4.71. The summed E-state index contributed by atoms with van der Waals surface area (Å²) >= 11 is 0. The minimum absolute atomic E-state index is 0.343. The summed E-state index contributed by atoms with van der Waals surface area (Å²) in [6.45, 7) is 6.11. The Kier molecular flexibility index (Phi) is 3.69. The lowest BCUT2D eigenvalue weighted by Gasteiger charge is -2.29. The fourth-order valence-corrected chi connectivity index (χ4v) is 2.69. The Balaban J connectivity index is 2.37. The molecule has 0 amide bonds. The highest BCUT2D eigenvalue weighted by Crippen LogP contribution is 2.39. The zero-order valence-electron chi connectivity index (χ0n) is 10.9. The van der Waals surface area contributed by atoms with Gasteiger partial charge in [0.25, 0.3) is 0 Å². The van der Waals surface area contributed by atoms with Crippen molar-refractivity contribution >= 4 is 0 Å². The number of nitrogens with two attached hydrogens (primary N) is 1. The molecule has 2 rings (SSSR count). The lowest BCUT2D eigenvalue weighted by atomic mass is 10.0. The van der Waals surface area contributed by atoms with E-state index in [1.807, 2.05) is 6.07 Å². The van der Waals surface area contributed by atoms with Gasteiger partial charge in [0.1, 0.15) is 5.75 Å². The molecule has 0 fully saturated rings. The summed E-state index contributed by atoms with van der Waals surface area (Å²) in [7, 11) is 1.74. The van der Waals surface area contributed by atoms with Crippen molar-refractivity contribution in [2.24, 2.45) is 5.73 Å². The van der Waals surface area contributed by atoms with E-state index in [1.54, 1.807) is 7.11 Å². The molecule has 0 saturated carbocycles. The number of rotatable bonds is 4. The molecule has 0 aliphatic carbocycles. The lowest BCUT2D eigenvalue weighted by Crippen LogP contribution is -2.34. The fraction of sp³-hybridized carbons (Fsp3) is 0.571. The molecule has 2 atom stereocenters. The van der Waals surface area contributed by atoms with Crippen molar-refractivity contribution in [3.8, 4) is 5.75 Å². The van der Waals surface area contributed by atoms with E-state index >= 15 is 0 Å². The van der Waals surface area contributed by atoms with Crippen LogP contribution in [0.1, 0.15) is 37.4 Å². The van der Waals surface area contributed by atoms with Gasteiger partial charge in [-0.1, -0.05) is 19.1 Å². The zero-order chi connectivity index (χ0) is 12.4. The van der Waals surface area contributed by atoms with Gasteiger partial charge in [-0.3, -0.25) is 4.90 Å². The van der Waals surface area contributed by atoms with Gasteiger partial charge in [-0.25, -0.2) is 0 Å². The standard InChI is InChI=1S/C14H22N2O/c1-4-10(2)16-9-12-11(13(16)8-15)6-5-7-14(12)17-3/h5-7,10,13H,4,8-9,15H2,1-3H3. The molecule has 94 valence electrons. The van der Waals surface area contributed by atoms with Gasteiger partial charge in [-0.2, -0.15) is 0 Å². The minimum Gasteiger partial charge on any atom is -0.496 e. The van der Waals surface area contributed by atoms with Crippen LogP contribution in [-0.2, 0) is 6.54 Å². The van der Waals surface area contributed by atoms with Crippen molar-refractivity contribution in [2.45, 2.75) is 38.9 Å². The van der Waals surface area contributed by atoms with Crippen molar-refractivity contribution in [2.75, 3.05) is 13.7 Å². The first-order valence-corrected chi connectivity index (χ1v) is 6.34. The smallest absolute Gasteiger partial charge is 0.123 e. The molecule has 1 aliphatic rings. The van der Waals surface area contributed by atoms with E-state index in [0.717, 1.165) is 18.7 Å². The second-order valence-corrected chi connectivity index (χ2v) is 4.71. The highest BCUT2D eigenvalue weighted by Gasteiger charge is 2.33. The van der Waals surface area contributed by atoms with E-state index < -0.39 is 0 Å². The highest BCUT2D eigenvalue weighted by molar-refractivity contribution is 5.45. The summed E-state index contributed by atoms with van der Waals surface area (Å²) in [4.78, 5) is 2.48. The van der Waals surface area contributed by atoms with Gasteiger partial charge in [0.05, 0.1) is 7.11 Å². The largest absolute Gasteiger partial charge is 0.496 e. The first kappa shape index (κ1) is 12.4. The van der Waals surface area contributed by atoms with Crippen molar-refractivity contribution in [1.29, 1.82) is 0 Å². The van der Waals surface area contributed by atoms with Gasteiger partial charge in [0.15, 0.2) is 0 Å². The van der Waals surface area contributed by atoms with Crippen LogP contribution in [0.5, 0.6) is 5.75 Å². The van der Waals surface area contributed by atoms with Crippen LogP contribution in [0.15, 0.2) is 18.2 Å². The molecule has 0 radical (unpaired) electrons. The first-order valence-electron chi connectivity index (χ1n) is 6.34. The van der Waals surface area contributed by atoms with Gasteiger partial charge in [-0.15, -0.1) is 0 Å². The summed E-state index contributed by atoms with van der Waals surface area (Å²) in [6, 6.07) is 7.17. The van der Waals surface area contributed by atoms with Crippen molar-refractivity contribution < 1.29 is 4.74 Å². The van der Waals surface area contributed by atoms with Crippen LogP contribution in [0.25, 0.3) is 0 Å². The molecule has 0 aromatic heterocycles. The predicted molar refractivity (Wildman–Crippen MR) is 70.1 cm³/mol. The molecule has 1 aromatic carbocycles. The summed E-state index contributed by atoms with van der Waals surface area (Å²) in [5.74, 6) is 0.992. The van der Waals surface area contributed by atoms with E-state index in [4.69, 9.17) is 10.5 Å². The van der Waals surface area contributed by atoms with Crippen LogP contribution in [0.3, 0.4) is 0 Å². The number of nitrogens with zero attached hydrogens (tertiary/aromatic N) is 1. The quantitative estimate of drug-likeness (QED) is 0.869. The monoisotopic (exact) mass is 234 g/mol. The Morgan fingerprint density at radius 1 is 1.53 bits per heavy atom. The Morgan fingerprint density at radius 2 is 2.29 bits per heavy atom. The second kappa shape index (κ2) is 5.07. The Bertz CT molecular complexity index is 392. The number of ether oxygens (including phenoxy) is 1. The topological polar surface area (TPSA) is 38.5 Å². The van der Waals surface area contributed by atoms with E-state index in [1.165, 1.54) is 11.1 Å². The minimum atomic E-state index is 0.343. The van der Waals surface area contributed by atoms with Gasteiger partial charge >= 0.3 is 0 Å². The normalized spacial score (nSPS) is 21.3. The molecule has 0 saturated heterocycles. The van der Waals surface area contributed by atoms with Crippen LogP contribution in [0, 0.1) is 0 Å². The average molecular weight is 234 g/mol. The number of fused-ring (bicyclic) bond motifs is 1. The Labute approximate surface area is 104 Å². The van der Waals surface area contributed by atoms with E-state index in [0.29, 0.717) is 18.6 Å². The maximum atomic E-state index is 5.94. The molecule has 0 bridgehead atoms. The molecule has 3 nitrogen and oxygen atoms in total. The zero-order valence-corrected chi connectivity index (χ0v) is 10.9. The van der Waals surface area contributed by atoms with E-state index in [9.17, 15) is 0 Å². The molecule has 2 unspecified atom stereocenters. The predicted octanol–water partition coefficient (Wildman–Crippen LogP) is 2.31. The summed E-state index contributed by atoms with van der Waals surface area (Å²) in [5, 5.41) is 0. The molecule has 0 spiro atoms. The molecular weight excluding hydrogens is 212 g/mol. The van der Waals surface area contributed by atoms with Gasteiger partial charge in [0.2, 0.25) is 0 Å². The van der Waals surface area contributed by atoms with Crippen molar-refractivity contribution in [3.05, 3.63) is 29.3 Å². The van der Waals surface area contributed by atoms with Gasteiger partial charge in [0, 0.05) is 30.7 Å². The number of benzene rings is 1. The summed E-state index contributed by atoms with van der Waals surface area (Å²) < 4.78 is 5.44. The van der Waals surface area contributed by atoms with E-state index in [2.05, 4.69) is 30.9 Å². The van der Waals surface area contributed by atoms with Gasteiger partial charge in [-0.05, 0) is 25.0 Å². The van der Waals surface area contributed by atoms with E-state index in [-0.39, 0.29) is 0 Å². The molecule has 3 heteroatoms. The van der Waals surface area contributed by atoms with Crippen LogP contribution in [0.4, 0.5) is 0 Å². The molecular formula is C14H22N2O. The van der Waals surface area contributed by atoms with Crippen LogP contribution in [-0.4, -0.2) is 24.6 Å². The number of methoxy groups -OCH3 is 1. The van der Waals surface area contributed by atoms with Crippen LogP contribution < -0.4 is 10.5 Å². The van der Waals surface area contributed by atoms with Crippen molar-refractivity contribution in [1.82, 2.24) is 4.90 Å². The number of hydrogen-bond acceptors (Lipinski definition) is 3. The van der Waals surface area contributed by atoms with Crippen LogP contribution in [0.2, 0.25) is 0 Å². The SMILES string of the molecule is CCC(C)N1Cc2c(OC)cccc2C1CN. The fourth-order valence-electron chi connectivity index (χ4n) is 2.69. The third-order valence-corrected chi connectivity index (χ3v) is 3.87. The summed E-state index contributed by atoms with van der Waals surface area (Å²) in [5.41, 5.74) is 8.59. The Hall–Kier alpha value is -1.06. The average Bonchev–Trinajstić information content (AvgIpc) is 2.75. The Morgan fingerprint density at radius 3 is 2.88 bits per heavy atom. The molecule has 1 aromatic rings.